The Morgan fingerprint density at radius 1 is 0.587 bits per heavy atom. The van der Waals surface area contributed by atoms with Gasteiger partial charge in [0.05, 0.1) is 50.0 Å². The monoisotopic (exact) mass is 611 g/mol. The van der Waals surface area contributed by atoms with Crippen molar-refractivity contribution in [2.75, 3.05) is 0 Å². The van der Waals surface area contributed by atoms with Gasteiger partial charge in [0, 0.05) is 42.4 Å². The summed E-state index contributed by atoms with van der Waals surface area (Å²) in [7, 11) is -1.35. The zero-order chi connectivity index (χ0) is 31.3. The Bertz CT molecular complexity index is 2730. The molecule has 0 aliphatic rings. The number of nitriles is 1. The van der Waals surface area contributed by atoms with E-state index in [-0.39, 0.29) is 5.41 Å². The van der Waals surface area contributed by atoms with Crippen molar-refractivity contribution in [3.8, 4) is 11.8 Å². The summed E-state index contributed by atoms with van der Waals surface area (Å²) in [4.78, 5) is 1.40. The van der Waals surface area contributed by atoms with Crippen molar-refractivity contribution >= 4 is 70.7 Å². The van der Waals surface area contributed by atoms with E-state index in [0.717, 1.165) is 21.6 Å². The van der Waals surface area contributed by atoms with Crippen LogP contribution in [0.5, 0.6) is 0 Å². The molecule has 0 bridgehead atoms. The third-order valence-corrected chi connectivity index (χ3v) is 10.9. The van der Waals surface area contributed by atoms with Crippen molar-refractivity contribution < 1.29 is 4.21 Å². The summed E-state index contributed by atoms with van der Waals surface area (Å²) >= 11 is 0. The molecule has 0 saturated carbocycles. The molecule has 3 aromatic heterocycles. The number of hydrogen-bond acceptors (Lipinski definition) is 2. The topological polar surface area (TPSA) is 50.2 Å². The first-order valence-electron chi connectivity index (χ1n) is 15.5. The van der Waals surface area contributed by atoms with Crippen LogP contribution in [0.4, 0.5) is 0 Å². The molecule has 220 valence electrons. The average molecular weight is 612 g/mol. The molecule has 9 rings (SSSR count). The predicted molar refractivity (Wildman–Crippen MR) is 190 cm³/mol. The minimum Gasteiger partial charge on any atom is -0.309 e. The summed E-state index contributed by atoms with van der Waals surface area (Å²) < 4.78 is 18.3. The second kappa shape index (κ2) is 9.53. The smallest absolute Gasteiger partial charge is 0.0991 e. The fourth-order valence-electron chi connectivity index (χ4n) is 7.46. The third kappa shape index (κ3) is 3.62. The number of fused-ring (bicyclic) bond motifs is 6. The second-order valence-corrected chi connectivity index (χ2v) is 14.6. The normalized spacial score (nSPS) is 13.1. The molecule has 0 radical (unpaired) electrons. The van der Waals surface area contributed by atoms with Crippen LogP contribution in [0.2, 0.25) is 0 Å². The maximum atomic E-state index is 13.5. The molecule has 9 aromatic rings. The van der Waals surface area contributed by atoms with Gasteiger partial charge in [-0.2, -0.15) is 5.26 Å². The fraction of sp³-hybridized carbons (Fsp3) is 0.0976. The molecule has 46 heavy (non-hydrogen) atoms. The first-order chi connectivity index (χ1) is 22.3. The minimum absolute atomic E-state index is 0.0722. The molecule has 0 N–H and O–H groups in total. The van der Waals surface area contributed by atoms with Gasteiger partial charge in [-0.25, -0.2) is 4.21 Å². The van der Waals surface area contributed by atoms with E-state index < -0.39 is 10.8 Å². The Kier molecular flexibility index (Phi) is 5.58. The van der Waals surface area contributed by atoms with E-state index in [1.807, 2.05) is 12.1 Å². The number of hydrogen-bond donors (Lipinski definition) is 0. The van der Waals surface area contributed by atoms with Crippen molar-refractivity contribution in [2.45, 2.75) is 36.0 Å². The summed E-state index contributed by atoms with van der Waals surface area (Å²) in [5.41, 5.74) is 8.77. The molecule has 3 heterocycles. The van der Waals surface area contributed by atoms with E-state index in [9.17, 15) is 4.21 Å². The fourth-order valence-corrected chi connectivity index (χ4v) is 8.50. The Hall–Kier alpha value is -5.44. The van der Waals surface area contributed by atoms with Crippen LogP contribution in [0.3, 0.4) is 0 Å². The molecule has 0 aliphatic carbocycles. The number of nitrogens with zero attached hydrogens (tertiary/aromatic N) is 3. The lowest BCUT2D eigenvalue weighted by Crippen LogP contribution is -2.11. The highest BCUT2D eigenvalue weighted by atomic mass is 32.2. The average Bonchev–Trinajstić information content (AvgIpc) is 3.55. The molecular weight excluding hydrogens is 583 g/mol. The molecular formula is C41H29N3OS. The molecule has 5 heteroatoms. The molecule has 1 atom stereocenters. The zero-order valence-electron chi connectivity index (χ0n) is 25.7. The van der Waals surface area contributed by atoms with Gasteiger partial charge in [0.15, 0.2) is 0 Å². The standard InChI is InChI=1S/C41H29N3OS/c1-41(2,3)32-21-23-35-38-37(32)31-9-5-7-11-34(31)44-33-10-6-4-8-29(33)30-20-22-36(39(38)40(30)44)43(35)26-14-18-28(19-15-26)46(45)27-16-12-25(24-42)13-17-27/h4-23H,1-3H3. The first kappa shape index (κ1) is 26.9. The van der Waals surface area contributed by atoms with Crippen LogP contribution in [0.15, 0.2) is 131 Å². The van der Waals surface area contributed by atoms with Gasteiger partial charge in [0.25, 0.3) is 0 Å². The van der Waals surface area contributed by atoms with Gasteiger partial charge >= 0.3 is 0 Å². The van der Waals surface area contributed by atoms with Crippen LogP contribution >= 0.6 is 0 Å². The van der Waals surface area contributed by atoms with Crippen molar-refractivity contribution in [1.82, 2.24) is 8.97 Å². The largest absolute Gasteiger partial charge is 0.309 e. The number of aromatic nitrogens is 2. The van der Waals surface area contributed by atoms with Gasteiger partial charge in [0.2, 0.25) is 0 Å². The first-order valence-corrected chi connectivity index (χ1v) is 16.7. The van der Waals surface area contributed by atoms with E-state index in [1.165, 1.54) is 54.4 Å². The molecule has 6 aromatic carbocycles. The van der Waals surface area contributed by atoms with Gasteiger partial charge in [0.1, 0.15) is 0 Å². The van der Waals surface area contributed by atoms with Crippen molar-refractivity contribution in [1.29, 1.82) is 5.26 Å². The Labute approximate surface area is 268 Å². The number of para-hydroxylation sites is 2. The molecule has 0 saturated heterocycles. The molecule has 0 spiro atoms. The molecule has 1 unspecified atom stereocenters. The zero-order valence-corrected chi connectivity index (χ0v) is 26.5. The van der Waals surface area contributed by atoms with Crippen molar-refractivity contribution in [3.63, 3.8) is 0 Å². The maximum absolute atomic E-state index is 13.5. The van der Waals surface area contributed by atoms with Crippen LogP contribution in [0.1, 0.15) is 31.9 Å². The van der Waals surface area contributed by atoms with E-state index in [0.29, 0.717) is 10.5 Å². The summed E-state index contributed by atoms with van der Waals surface area (Å²) in [5, 5.41) is 16.7. The van der Waals surface area contributed by atoms with Crippen LogP contribution in [-0.2, 0) is 16.2 Å². The van der Waals surface area contributed by atoms with Crippen LogP contribution in [0, 0.1) is 11.3 Å². The number of benzene rings is 6. The van der Waals surface area contributed by atoms with Crippen molar-refractivity contribution in [2.24, 2.45) is 0 Å². The van der Waals surface area contributed by atoms with Gasteiger partial charge in [-0.15, -0.1) is 0 Å². The Balaban J connectivity index is 1.40. The highest BCUT2D eigenvalue weighted by molar-refractivity contribution is 7.85. The summed E-state index contributed by atoms with van der Waals surface area (Å²) in [6.07, 6.45) is 0. The highest BCUT2D eigenvalue weighted by Crippen LogP contribution is 2.47. The second-order valence-electron chi connectivity index (χ2n) is 13.1. The van der Waals surface area contributed by atoms with Gasteiger partial charge < -0.3 is 8.97 Å². The predicted octanol–water partition coefficient (Wildman–Crippen LogP) is 10.3. The lowest BCUT2D eigenvalue weighted by Gasteiger charge is -2.22. The van der Waals surface area contributed by atoms with Gasteiger partial charge in [-0.3, -0.25) is 0 Å². The van der Waals surface area contributed by atoms with Crippen LogP contribution in [0.25, 0.3) is 65.6 Å². The van der Waals surface area contributed by atoms with E-state index in [1.54, 1.807) is 24.3 Å². The van der Waals surface area contributed by atoms with E-state index in [4.69, 9.17) is 5.26 Å². The quantitative estimate of drug-likeness (QED) is 0.200. The SMILES string of the molecule is CC(C)(C)c1ccc2c3c1c1ccccc1n1c4ccccc4c4ccc(c3c41)n2-c1ccc(S(=O)c2ccc(C#N)cc2)cc1. The van der Waals surface area contributed by atoms with E-state index >= 15 is 0 Å². The molecule has 0 aliphatic heterocycles. The molecule has 0 fully saturated rings. The van der Waals surface area contributed by atoms with Crippen LogP contribution in [-0.4, -0.2) is 13.2 Å². The maximum Gasteiger partial charge on any atom is 0.0991 e. The minimum atomic E-state index is -1.35. The number of rotatable bonds is 3. The third-order valence-electron chi connectivity index (χ3n) is 9.46. The molecule has 4 nitrogen and oxygen atoms in total. The lowest BCUT2D eigenvalue weighted by molar-refractivity contribution is 0.596. The van der Waals surface area contributed by atoms with Crippen LogP contribution < -0.4 is 0 Å². The van der Waals surface area contributed by atoms with Crippen molar-refractivity contribution in [3.05, 3.63) is 132 Å². The van der Waals surface area contributed by atoms with Gasteiger partial charge in [-0.05, 0) is 89.2 Å². The highest BCUT2D eigenvalue weighted by Gasteiger charge is 2.27. The summed E-state index contributed by atoms with van der Waals surface area (Å²) in [6, 6.07) is 43.9. The van der Waals surface area contributed by atoms with E-state index in [2.05, 4.69) is 121 Å². The summed E-state index contributed by atoms with van der Waals surface area (Å²) in [6.45, 7) is 6.90. The van der Waals surface area contributed by atoms with Gasteiger partial charge in [-0.1, -0.05) is 69.3 Å². The Morgan fingerprint density at radius 2 is 1.17 bits per heavy atom. The Morgan fingerprint density at radius 3 is 1.85 bits per heavy atom. The molecule has 0 amide bonds. The summed E-state index contributed by atoms with van der Waals surface area (Å²) in [5.74, 6) is 0. The lowest BCUT2D eigenvalue weighted by atomic mass is 9.82.